The predicted octanol–water partition coefficient (Wildman–Crippen LogP) is 5.25. The first kappa shape index (κ1) is 24.2. The number of nitrogens with zero attached hydrogens (tertiary/aromatic N) is 1. The zero-order valence-corrected chi connectivity index (χ0v) is 18.9. The number of hydrogen-bond donors (Lipinski definition) is 1. The summed E-state index contributed by atoms with van der Waals surface area (Å²) in [4.78, 5) is 27.5. The molecule has 1 N–H and O–H groups in total. The lowest BCUT2D eigenvalue weighted by Crippen LogP contribution is -2.50. The normalized spacial score (nSPS) is 12.0. The summed E-state index contributed by atoms with van der Waals surface area (Å²) in [5, 5.41) is 3.67. The van der Waals surface area contributed by atoms with Gasteiger partial charge in [0.15, 0.2) is 0 Å². The Bertz CT molecular complexity index is 889. The number of halogens is 3. The van der Waals surface area contributed by atoms with Crippen LogP contribution in [0.1, 0.15) is 38.3 Å². The van der Waals surface area contributed by atoms with E-state index in [0.29, 0.717) is 28.6 Å². The Hall–Kier alpha value is -2.11. The average Bonchev–Trinajstić information content (AvgIpc) is 2.70. The lowest BCUT2D eigenvalue weighted by molar-refractivity contribution is -0.141. The van der Waals surface area contributed by atoms with Gasteiger partial charge in [0.1, 0.15) is 11.9 Å². The molecular formula is C23H27Cl2FN2O2. The topological polar surface area (TPSA) is 49.4 Å². The zero-order chi connectivity index (χ0) is 22.3. The maximum Gasteiger partial charge on any atom is 0.242 e. The van der Waals surface area contributed by atoms with Gasteiger partial charge in [-0.3, -0.25) is 9.59 Å². The van der Waals surface area contributed by atoms with E-state index in [1.165, 1.54) is 11.0 Å². The summed E-state index contributed by atoms with van der Waals surface area (Å²) >= 11 is 12.1. The van der Waals surface area contributed by atoms with Gasteiger partial charge in [-0.2, -0.15) is 0 Å². The summed E-state index contributed by atoms with van der Waals surface area (Å²) in [5.74, 6) is -0.729. The minimum atomic E-state index is -0.683. The number of hydrogen-bond acceptors (Lipinski definition) is 2. The third-order valence-electron chi connectivity index (χ3n) is 4.71. The highest BCUT2D eigenvalue weighted by atomic mass is 35.5. The monoisotopic (exact) mass is 452 g/mol. The van der Waals surface area contributed by atoms with Crippen LogP contribution in [-0.4, -0.2) is 29.3 Å². The van der Waals surface area contributed by atoms with E-state index in [1.807, 2.05) is 20.8 Å². The molecule has 0 aromatic heterocycles. The van der Waals surface area contributed by atoms with E-state index in [2.05, 4.69) is 5.32 Å². The predicted molar refractivity (Wildman–Crippen MR) is 119 cm³/mol. The quantitative estimate of drug-likeness (QED) is 0.564. The van der Waals surface area contributed by atoms with Crippen molar-refractivity contribution in [1.82, 2.24) is 10.2 Å². The summed E-state index contributed by atoms with van der Waals surface area (Å²) in [6.07, 6.45) is 0.288. The number of nitrogens with one attached hydrogen (secondary N) is 1. The molecule has 0 bridgehead atoms. The van der Waals surface area contributed by atoms with Crippen molar-refractivity contribution >= 4 is 35.0 Å². The van der Waals surface area contributed by atoms with Crippen molar-refractivity contribution in [2.45, 2.75) is 46.2 Å². The molecule has 0 spiro atoms. The molecule has 2 amide bonds. The second kappa shape index (κ2) is 11.3. The summed E-state index contributed by atoms with van der Waals surface area (Å²) in [5.41, 5.74) is 1.03. The van der Waals surface area contributed by atoms with Crippen molar-refractivity contribution in [3.05, 3.63) is 69.5 Å². The fourth-order valence-electron chi connectivity index (χ4n) is 3.08. The Balaban J connectivity index is 2.31. The van der Waals surface area contributed by atoms with Crippen LogP contribution in [-0.2, 0) is 22.6 Å². The van der Waals surface area contributed by atoms with Gasteiger partial charge in [0.25, 0.3) is 0 Å². The molecule has 0 aliphatic carbocycles. The first-order valence-electron chi connectivity index (χ1n) is 9.97. The third kappa shape index (κ3) is 6.71. The number of carbonyl (C=O) groups excluding carboxylic acids is 2. The molecule has 0 aliphatic rings. The van der Waals surface area contributed by atoms with Crippen LogP contribution in [0.3, 0.4) is 0 Å². The van der Waals surface area contributed by atoms with Crippen molar-refractivity contribution in [2.75, 3.05) is 6.54 Å². The van der Waals surface area contributed by atoms with E-state index in [1.54, 1.807) is 36.4 Å². The van der Waals surface area contributed by atoms with Crippen molar-refractivity contribution < 1.29 is 14.0 Å². The van der Waals surface area contributed by atoms with Crippen LogP contribution in [0.25, 0.3) is 0 Å². The van der Waals surface area contributed by atoms with Crippen LogP contribution < -0.4 is 5.32 Å². The molecule has 162 valence electrons. The van der Waals surface area contributed by atoms with Gasteiger partial charge in [0, 0.05) is 13.1 Å². The minimum absolute atomic E-state index is 0.137. The molecule has 1 atom stereocenters. The molecule has 0 saturated heterocycles. The Kier molecular flexibility index (Phi) is 9.12. The van der Waals surface area contributed by atoms with Gasteiger partial charge in [-0.15, -0.1) is 0 Å². The SMILES string of the molecule is CCC(C(=O)NCC(C)C)N(Cc1ccc(Cl)c(Cl)c1)C(=O)Cc1ccccc1F. The molecule has 30 heavy (non-hydrogen) atoms. The van der Waals surface area contributed by atoms with E-state index in [0.717, 1.165) is 5.56 Å². The van der Waals surface area contributed by atoms with Gasteiger partial charge in [-0.1, -0.05) is 68.2 Å². The van der Waals surface area contributed by atoms with Gasteiger partial charge in [0.2, 0.25) is 11.8 Å². The molecule has 2 aromatic rings. The van der Waals surface area contributed by atoms with E-state index >= 15 is 0 Å². The lowest BCUT2D eigenvalue weighted by atomic mass is 10.1. The van der Waals surface area contributed by atoms with Gasteiger partial charge in [0.05, 0.1) is 16.5 Å². The fourth-order valence-corrected chi connectivity index (χ4v) is 3.40. The molecule has 7 heteroatoms. The van der Waals surface area contributed by atoms with E-state index in [4.69, 9.17) is 23.2 Å². The largest absolute Gasteiger partial charge is 0.354 e. The molecule has 0 heterocycles. The lowest BCUT2D eigenvalue weighted by Gasteiger charge is -2.31. The van der Waals surface area contributed by atoms with Crippen LogP contribution in [0.2, 0.25) is 10.0 Å². The average molecular weight is 453 g/mol. The number of benzene rings is 2. The summed E-state index contributed by atoms with van der Waals surface area (Å²) in [6.45, 7) is 6.52. The molecule has 0 radical (unpaired) electrons. The smallest absolute Gasteiger partial charge is 0.242 e. The summed E-state index contributed by atoms with van der Waals surface area (Å²) in [6, 6.07) is 10.5. The third-order valence-corrected chi connectivity index (χ3v) is 5.45. The molecule has 0 aliphatic heterocycles. The van der Waals surface area contributed by atoms with Crippen molar-refractivity contribution in [3.8, 4) is 0 Å². The second-order valence-corrected chi connectivity index (χ2v) is 8.42. The van der Waals surface area contributed by atoms with Crippen LogP contribution in [0.4, 0.5) is 4.39 Å². The van der Waals surface area contributed by atoms with E-state index in [9.17, 15) is 14.0 Å². The van der Waals surface area contributed by atoms with Gasteiger partial charge >= 0.3 is 0 Å². The maximum absolute atomic E-state index is 14.1. The minimum Gasteiger partial charge on any atom is -0.354 e. The molecular weight excluding hydrogens is 426 g/mol. The molecule has 4 nitrogen and oxygen atoms in total. The highest BCUT2D eigenvalue weighted by molar-refractivity contribution is 6.42. The first-order valence-corrected chi connectivity index (χ1v) is 10.7. The summed E-state index contributed by atoms with van der Waals surface area (Å²) in [7, 11) is 0. The number of rotatable bonds is 9. The summed E-state index contributed by atoms with van der Waals surface area (Å²) < 4.78 is 14.1. The molecule has 2 aromatic carbocycles. The van der Waals surface area contributed by atoms with Gasteiger partial charge in [-0.05, 0) is 41.7 Å². The first-order chi connectivity index (χ1) is 14.2. The number of amides is 2. The molecule has 0 fully saturated rings. The van der Waals surface area contributed by atoms with Crippen LogP contribution in [0, 0.1) is 11.7 Å². The Morgan fingerprint density at radius 3 is 2.40 bits per heavy atom. The fraction of sp³-hybridized carbons (Fsp3) is 0.391. The Morgan fingerprint density at radius 2 is 1.80 bits per heavy atom. The maximum atomic E-state index is 14.1. The van der Waals surface area contributed by atoms with Crippen LogP contribution in [0.5, 0.6) is 0 Å². The second-order valence-electron chi connectivity index (χ2n) is 7.60. The van der Waals surface area contributed by atoms with E-state index < -0.39 is 11.9 Å². The van der Waals surface area contributed by atoms with Crippen LogP contribution >= 0.6 is 23.2 Å². The van der Waals surface area contributed by atoms with Gasteiger partial charge in [-0.25, -0.2) is 4.39 Å². The highest BCUT2D eigenvalue weighted by Crippen LogP contribution is 2.24. The van der Waals surface area contributed by atoms with Crippen molar-refractivity contribution in [3.63, 3.8) is 0 Å². The van der Waals surface area contributed by atoms with Crippen LogP contribution in [0.15, 0.2) is 42.5 Å². The zero-order valence-electron chi connectivity index (χ0n) is 17.4. The number of carbonyl (C=O) groups is 2. The molecule has 0 saturated carbocycles. The highest BCUT2D eigenvalue weighted by Gasteiger charge is 2.29. The molecule has 2 rings (SSSR count). The van der Waals surface area contributed by atoms with Crippen molar-refractivity contribution in [1.29, 1.82) is 0 Å². The molecule has 1 unspecified atom stereocenters. The van der Waals surface area contributed by atoms with Gasteiger partial charge < -0.3 is 10.2 Å². The van der Waals surface area contributed by atoms with E-state index in [-0.39, 0.29) is 30.7 Å². The Labute approximate surface area is 187 Å². The Morgan fingerprint density at radius 1 is 1.10 bits per heavy atom. The standard InChI is InChI=1S/C23H27Cl2FN2O2/c1-4-21(23(30)27-13-15(2)3)28(14-16-9-10-18(24)19(25)11-16)22(29)12-17-7-5-6-8-20(17)26/h5-11,15,21H,4,12-14H2,1-3H3,(H,27,30). The van der Waals surface area contributed by atoms with Crippen molar-refractivity contribution in [2.24, 2.45) is 5.92 Å².